The molecular formula is C11H13N5O2. The number of hydrogen-bond donors (Lipinski definition) is 1. The molecule has 7 heteroatoms. The normalized spacial score (nSPS) is 10.5. The van der Waals surface area contributed by atoms with Gasteiger partial charge in [0.25, 0.3) is 5.56 Å². The molecule has 0 atom stereocenters. The van der Waals surface area contributed by atoms with Crippen LogP contribution in [0.15, 0.2) is 34.1 Å². The minimum atomic E-state index is -0.359. The Kier molecular flexibility index (Phi) is 3.22. The highest BCUT2D eigenvalue weighted by atomic mass is 16.2. The van der Waals surface area contributed by atoms with E-state index < -0.39 is 0 Å². The van der Waals surface area contributed by atoms with Crippen LogP contribution < -0.4 is 17.0 Å². The summed E-state index contributed by atoms with van der Waals surface area (Å²) < 4.78 is 2.57. The van der Waals surface area contributed by atoms with Gasteiger partial charge >= 0.3 is 5.69 Å². The molecule has 0 spiro atoms. The highest BCUT2D eigenvalue weighted by Gasteiger charge is 2.06. The van der Waals surface area contributed by atoms with Crippen molar-refractivity contribution in [2.75, 3.05) is 5.73 Å². The van der Waals surface area contributed by atoms with Crippen LogP contribution in [0.5, 0.6) is 0 Å². The van der Waals surface area contributed by atoms with Gasteiger partial charge in [0.05, 0.1) is 12.2 Å². The molecule has 0 bridgehead atoms. The quantitative estimate of drug-likeness (QED) is 0.785. The van der Waals surface area contributed by atoms with Crippen LogP contribution in [0, 0.1) is 0 Å². The zero-order valence-corrected chi connectivity index (χ0v) is 9.91. The van der Waals surface area contributed by atoms with Crippen LogP contribution in [0.2, 0.25) is 0 Å². The van der Waals surface area contributed by atoms with Crippen molar-refractivity contribution in [2.24, 2.45) is 0 Å². The zero-order chi connectivity index (χ0) is 13.1. The molecule has 0 saturated heterocycles. The van der Waals surface area contributed by atoms with Gasteiger partial charge in [-0.05, 0) is 13.0 Å². The summed E-state index contributed by atoms with van der Waals surface area (Å²) in [6, 6.07) is 2.97. The Balaban J connectivity index is 2.46. The van der Waals surface area contributed by atoms with Gasteiger partial charge in [-0.15, -0.1) is 0 Å². The lowest BCUT2D eigenvalue weighted by Crippen LogP contribution is -2.39. The second-order valence-electron chi connectivity index (χ2n) is 3.71. The van der Waals surface area contributed by atoms with Gasteiger partial charge in [-0.25, -0.2) is 14.8 Å². The second kappa shape index (κ2) is 4.82. The number of hydrogen-bond acceptors (Lipinski definition) is 5. The Hall–Kier alpha value is -2.44. The first-order chi connectivity index (χ1) is 8.61. The van der Waals surface area contributed by atoms with Crippen molar-refractivity contribution >= 4 is 5.95 Å². The molecule has 7 nitrogen and oxygen atoms in total. The Labute approximate surface area is 103 Å². The van der Waals surface area contributed by atoms with Gasteiger partial charge < -0.3 is 10.3 Å². The average Bonchev–Trinajstić information content (AvgIpc) is 2.35. The molecule has 2 rings (SSSR count). The van der Waals surface area contributed by atoms with Gasteiger partial charge in [-0.3, -0.25) is 9.36 Å². The summed E-state index contributed by atoms with van der Waals surface area (Å²) in [6.45, 7) is 2.43. The van der Waals surface area contributed by atoms with E-state index in [-0.39, 0.29) is 23.7 Å². The molecule has 2 heterocycles. The van der Waals surface area contributed by atoms with Crippen LogP contribution in [0.4, 0.5) is 5.95 Å². The fourth-order valence-electron chi connectivity index (χ4n) is 1.61. The molecule has 2 aromatic heterocycles. The van der Waals surface area contributed by atoms with Crippen molar-refractivity contribution in [2.45, 2.75) is 20.0 Å². The largest absolute Gasteiger partial charge is 0.368 e. The molecular weight excluding hydrogens is 234 g/mol. The summed E-state index contributed by atoms with van der Waals surface area (Å²) in [7, 11) is 0. The topological polar surface area (TPSA) is 95.8 Å². The van der Waals surface area contributed by atoms with Gasteiger partial charge in [-0.1, -0.05) is 0 Å². The second-order valence-corrected chi connectivity index (χ2v) is 3.71. The van der Waals surface area contributed by atoms with Crippen molar-refractivity contribution in [1.29, 1.82) is 0 Å². The molecule has 0 fully saturated rings. The molecule has 2 N–H and O–H groups in total. The minimum absolute atomic E-state index is 0.0885. The number of anilines is 1. The summed E-state index contributed by atoms with van der Waals surface area (Å²) >= 11 is 0. The summed E-state index contributed by atoms with van der Waals surface area (Å²) in [4.78, 5) is 31.4. The molecule has 0 aliphatic heterocycles. The van der Waals surface area contributed by atoms with E-state index in [1.165, 1.54) is 23.0 Å². The van der Waals surface area contributed by atoms with E-state index >= 15 is 0 Å². The summed E-state index contributed by atoms with van der Waals surface area (Å²) in [5.74, 6) is 0.118. The van der Waals surface area contributed by atoms with Crippen LogP contribution in [0.1, 0.15) is 12.6 Å². The number of nitrogens with two attached hydrogens (primary N) is 1. The highest BCUT2D eigenvalue weighted by molar-refractivity contribution is 5.17. The smallest absolute Gasteiger partial charge is 0.331 e. The van der Waals surface area contributed by atoms with Crippen molar-refractivity contribution in [3.05, 3.63) is 51.1 Å². The summed E-state index contributed by atoms with van der Waals surface area (Å²) in [5.41, 5.74) is 5.26. The fraction of sp³-hybridized carbons (Fsp3) is 0.273. The third-order valence-corrected chi connectivity index (χ3v) is 2.53. The Bertz CT molecular complexity index is 674. The number of aryl methyl sites for hydroxylation is 1. The first kappa shape index (κ1) is 12.0. The lowest BCUT2D eigenvalue weighted by atomic mass is 10.4. The van der Waals surface area contributed by atoms with Gasteiger partial charge in [0, 0.05) is 25.0 Å². The molecule has 0 aromatic carbocycles. The SMILES string of the molecule is CCn1ccc(=O)n(Cc2ccnc(N)n2)c1=O. The lowest BCUT2D eigenvalue weighted by molar-refractivity contribution is 0.594. The third kappa shape index (κ3) is 2.29. The van der Waals surface area contributed by atoms with Crippen molar-refractivity contribution in [3.8, 4) is 0 Å². The molecule has 0 radical (unpaired) electrons. The van der Waals surface area contributed by atoms with E-state index in [4.69, 9.17) is 5.73 Å². The first-order valence-electron chi connectivity index (χ1n) is 5.49. The Morgan fingerprint density at radius 3 is 2.78 bits per heavy atom. The lowest BCUT2D eigenvalue weighted by Gasteiger charge is -2.07. The van der Waals surface area contributed by atoms with Gasteiger partial charge in [-0.2, -0.15) is 0 Å². The van der Waals surface area contributed by atoms with E-state index in [2.05, 4.69) is 9.97 Å². The Morgan fingerprint density at radius 2 is 2.11 bits per heavy atom. The number of nitrogens with zero attached hydrogens (tertiary/aromatic N) is 4. The van der Waals surface area contributed by atoms with E-state index in [0.717, 1.165) is 4.57 Å². The van der Waals surface area contributed by atoms with Crippen LogP contribution in [-0.4, -0.2) is 19.1 Å². The van der Waals surface area contributed by atoms with Crippen molar-refractivity contribution in [1.82, 2.24) is 19.1 Å². The molecule has 0 saturated carbocycles. The molecule has 0 aliphatic rings. The maximum absolute atomic E-state index is 12.0. The average molecular weight is 247 g/mol. The van der Waals surface area contributed by atoms with Crippen molar-refractivity contribution < 1.29 is 0 Å². The van der Waals surface area contributed by atoms with Crippen LogP contribution in [0.3, 0.4) is 0 Å². The molecule has 2 aromatic rings. The molecule has 94 valence electrons. The van der Waals surface area contributed by atoms with Crippen LogP contribution in [0.25, 0.3) is 0 Å². The Morgan fingerprint density at radius 1 is 1.33 bits per heavy atom. The van der Waals surface area contributed by atoms with Crippen LogP contribution in [-0.2, 0) is 13.1 Å². The summed E-state index contributed by atoms with van der Waals surface area (Å²) in [6.07, 6.45) is 2.97. The first-order valence-corrected chi connectivity index (χ1v) is 5.49. The predicted molar refractivity (Wildman–Crippen MR) is 66.2 cm³/mol. The standard InChI is InChI=1S/C11H13N5O2/c1-2-15-6-4-9(17)16(11(15)18)7-8-3-5-13-10(12)14-8/h3-6H,2,7H2,1H3,(H2,12,13,14). The van der Waals surface area contributed by atoms with E-state index in [1.54, 1.807) is 6.07 Å². The number of aromatic nitrogens is 4. The van der Waals surface area contributed by atoms with E-state index in [9.17, 15) is 9.59 Å². The zero-order valence-electron chi connectivity index (χ0n) is 9.91. The molecule has 0 aliphatic carbocycles. The fourth-order valence-corrected chi connectivity index (χ4v) is 1.61. The molecule has 18 heavy (non-hydrogen) atoms. The van der Waals surface area contributed by atoms with Gasteiger partial charge in [0.2, 0.25) is 5.95 Å². The minimum Gasteiger partial charge on any atom is -0.368 e. The molecule has 0 amide bonds. The van der Waals surface area contributed by atoms with E-state index in [1.807, 2.05) is 6.92 Å². The highest BCUT2D eigenvalue weighted by Crippen LogP contribution is 1.97. The maximum atomic E-state index is 12.0. The predicted octanol–water partition coefficient (Wildman–Crippen LogP) is -0.550. The third-order valence-electron chi connectivity index (χ3n) is 2.53. The maximum Gasteiger partial charge on any atom is 0.331 e. The number of nitrogen functional groups attached to an aromatic ring is 1. The molecule has 0 unspecified atom stereocenters. The van der Waals surface area contributed by atoms with Gasteiger partial charge in [0.15, 0.2) is 0 Å². The number of rotatable bonds is 3. The van der Waals surface area contributed by atoms with Gasteiger partial charge in [0.1, 0.15) is 0 Å². The van der Waals surface area contributed by atoms with Crippen LogP contribution >= 0.6 is 0 Å². The van der Waals surface area contributed by atoms with Crippen molar-refractivity contribution in [3.63, 3.8) is 0 Å². The van der Waals surface area contributed by atoms with E-state index in [0.29, 0.717) is 12.2 Å². The monoisotopic (exact) mass is 247 g/mol. The summed E-state index contributed by atoms with van der Waals surface area (Å²) in [5, 5.41) is 0.